The summed E-state index contributed by atoms with van der Waals surface area (Å²) in [6.45, 7) is -0.334. The molecule has 1 heterocycles. The summed E-state index contributed by atoms with van der Waals surface area (Å²) >= 11 is 0. The van der Waals surface area contributed by atoms with E-state index in [0.717, 1.165) is 7.11 Å². The molecule has 0 aromatic heterocycles. The summed E-state index contributed by atoms with van der Waals surface area (Å²) in [6.07, 6.45) is -2.44. The minimum atomic E-state index is -2.31. The number of carbonyl (C=O) groups excluding carboxylic acids is 3. The second kappa shape index (κ2) is 8.85. The molecule has 0 spiro atoms. The van der Waals surface area contributed by atoms with Gasteiger partial charge in [0.2, 0.25) is 0 Å². The Bertz CT molecular complexity index is 867. The molecule has 8 nitrogen and oxygen atoms in total. The van der Waals surface area contributed by atoms with Crippen molar-refractivity contribution in [1.29, 1.82) is 0 Å². The van der Waals surface area contributed by atoms with Crippen LogP contribution in [0.2, 0.25) is 0 Å². The molecule has 0 saturated carbocycles. The quantitative estimate of drug-likeness (QED) is 0.577. The standard InChI is InChI=1S/C21H20O8/c1-26-20(24)21(25)12-16(28-19(23)15-10-6-3-7-11-15)17(29-21)13-27-18(22)14-8-4-2-5-9-14/h2-11,16-17,25H,12-13H2,1H3/t16-,17+,21-/m0/s1. The number of carbonyl (C=O) groups is 3. The summed E-state index contributed by atoms with van der Waals surface area (Å²) in [5.74, 6) is -4.61. The average Bonchev–Trinajstić information content (AvgIpc) is 3.08. The molecule has 152 valence electrons. The minimum absolute atomic E-state index is 0.293. The van der Waals surface area contributed by atoms with Crippen LogP contribution in [0.4, 0.5) is 0 Å². The highest BCUT2D eigenvalue weighted by molar-refractivity contribution is 5.90. The van der Waals surface area contributed by atoms with Crippen LogP contribution in [0, 0.1) is 0 Å². The molecule has 8 heteroatoms. The van der Waals surface area contributed by atoms with Crippen LogP contribution in [0.5, 0.6) is 0 Å². The third-order valence-corrected chi connectivity index (χ3v) is 4.40. The van der Waals surface area contributed by atoms with Crippen LogP contribution in [-0.2, 0) is 23.7 Å². The lowest BCUT2D eigenvalue weighted by molar-refractivity contribution is -0.222. The summed E-state index contributed by atoms with van der Waals surface area (Å²) in [6, 6.07) is 16.5. The van der Waals surface area contributed by atoms with Crippen molar-refractivity contribution in [2.75, 3.05) is 13.7 Å². The van der Waals surface area contributed by atoms with Gasteiger partial charge in [-0.1, -0.05) is 36.4 Å². The van der Waals surface area contributed by atoms with Crippen LogP contribution in [0.3, 0.4) is 0 Å². The maximum atomic E-state index is 12.4. The first kappa shape index (κ1) is 20.5. The molecule has 29 heavy (non-hydrogen) atoms. The average molecular weight is 400 g/mol. The van der Waals surface area contributed by atoms with E-state index >= 15 is 0 Å². The number of benzene rings is 2. The number of hydrogen-bond donors (Lipinski definition) is 1. The highest BCUT2D eigenvalue weighted by Gasteiger charge is 2.53. The zero-order chi connectivity index (χ0) is 20.9. The van der Waals surface area contributed by atoms with E-state index in [2.05, 4.69) is 4.74 Å². The number of aliphatic hydroxyl groups is 1. The van der Waals surface area contributed by atoms with Crippen LogP contribution >= 0.6 is 0 Å². The van der Waals surface area contributed by atoms with E-state index in [4.69, 9.17) is 14.2 Å². The normalized spacial score (nSPS) is 23.2. The number of methoxy groups -OCH3 is 1. The van der Waals surface area contributed by atoms with Crippen molar-refractivity contribution in [3.05, 3.63) is 71.8 Å². The molecule has 0 unspecified atom stereocenters. The van der Waals surface area contributed by atoms with Crippen molar-refractivity contribution >= 4 is 17.9 Å². The molecule has 0 amide bonds. The molecule has 0 bridgehead atoms. The highest BCUT2D eigenvalue weighted by atomic mass is 16.7. The van der Waals surface area contributed by atoms with Crippen molar-refractivity contribution in [2.45, 2.75) is 24.4 Å². The SMILES string of the molecule is COC(=O)[C@]1(O)C[C@H](OC(=O)c2ccccc2)[C@@H](COC(=O)c2ccccc2)O1. The largest absolute Gasteiger partial charge is 0.465 e. The lowest BCUT2D eigenvalue weighted by Gasteiger charge is -2.20. The second-order valence-electron chi connectivity index (χ2n) is 6.41. The predicted octanol–water partition coefficient (Wildman–Crippen LogP) is 1.72. The molecule has 2 aromatic rings. The van der Waals surface area contributed by atoms with Crippen LogP contribution < -0.4 is 0 Å². The maximum Gasteiger partial charge on any atom is 0.366 e. The molecular weight excluding hydrogens is 380 g/mol. The predicted molar refractivity (Wildman–Crippen MR) is 98.8 cm³/mol. The Morgan fingerprint density at radius 3 is 2.10 bits per heavy atom. The monoisotopic (exact) mass is 400 g/mol. The molecule has 2 aromatic carbocycles. The van der Waals surface area contributed by atoms with E-state index in [9.17, 15) is 19.5 Å². The highest BCUT2D eigenvalue weighted by Crippen LogP contribution is 2.32. The van der Waals surface area contributed by atoms with Gasteiger partial charge in [-0.3, -0.25) is 0 Å². The smallest absolute Gasteiger partial charge is 0.366 e. The van der Waals surface area contributed by atoms with Gasteiger partial charge < -0.3 is 24.1 Å². The number of esters is 3. The fourth-order valence-corrected chi connectivity index (χ4v) is 2.92. The Labute approximate surface area is 167 Å². The van der Waals surface area contributed by atoms with Crippen LogP contribution in [0.25, 0.3) is 0 Å². The summed E-state index contributed by atoms with van der Waals surface area (Å²) in [7, 11) is 1.09. The summed E-state index contributed by atoms with van der Waals surface area (Å²) in [5, 5.41) is 10.4. The number of ether oxygens (including phenoxy) is 4. The molecule has 1 fully saturated rings. The Morgan fingerprint density at radius 2 is 1.55 bits per heavy atom. The molecule has 0 radical (unpaired) electrons. The number of hydrogen-bond acceptors (Lipinski definition) is 8. The van der Waals surface area contributed by atoms with E-state index in [1.807, 2.05) is 0 Å². The van der Waals surface area contributed by atoms with Crippen LogP contribution in [0.15, 0.2) is 60.7 Å². The van der Waals surface area contributed by atoms with Gasteiger partial charge in [0.15, 0.2) is 0 Å². The second-order valence-corrected chi connectivity index (χ2v) is 6.41. The van der Waals surface area contributed by atoms with E-state index in [1.54, 1.807) is 60.7 Å². The Hall–Kier alpha value is -3.23. The molecule has 1 N–H and O–H groups in total. The molecular formula is C21H20O8. The lowest BCUT2D eigenvalue weighted by Crippen LogP contribution is -2.40. The van der Waals surface area contributed by atoms with Gasteiger partial charge in [-0.2, -0.15) is 0 Å². The Kier molecular flexibility index (Phi) is 6.26. The fraction of sp³-hybridized carbons (Fsp3) is 0.286. The van der Waals surface area contributed by atoms with Gasteiger partial charge in [-0.15, -0.1) is 0 Å². The molecule has 3 rings (SSSR count). The first-order valence-corrected chi connectivity index (χ1v) is 8.90. The van der Waals surface area contributed by atoms with Gasteiger partial charge in [-0.05, 0) is 24.3 Å². The molecule has 1 saturated heterocycles. The summed E-state index contributed by atoms with van der Waals surface area (Å²) in [5.41, 5.74) is 0.618. The fourth-order valence-electron chi connectivity index (χ4n) is 2.92. The van der Waals surface area contributed by atoms with Gasteiger partial charge in [0, 0.05) is 0 Å². The van der Waals surface area contributed by atoms with Crippen molar-refractivity contribution in [1.82, 2.24) is 0 Å². The third-order valence-electron chi connectivity index (χ3n) is 4.40. The van der Waals surface area contributed by atoms with Crippen LogP contribution in [0.1, 0.15) is 27.1 Å². The van der Waals surface area contributed by atoms with Gasteiger partial charge in [-0.25, -0.2) is 14.4 Å². The minimum Gasteiger partial charge on any atom is -0.465 e. The maximum absolute atomic E-state index is 12.4. The zero-order valence-electron chi connectivity index (χ0n) is 15.6. The number of rotatable bonds is 6. The first-order chi connectivity index (χ1) is 13.9. The van der Waals surface area contributed by atoms with Crippen LogP contribution in [-0.4, -0.2) is 54.7 Å². The third kappa shape index (κ3) is 4.79. The summed E-state index contributed by atoms with van der Waals surface area (Å²) in [4.78, 5) is 36.4. The lowest BCUT2D eigenvalue weighted by atomic mass is 10.1. The van der Waals surface area contributed by atoms with E-state index < -0.39 is 35.9 Å². The van der Waals surface area contributed by atoms with E-state index in [0.29, 0.717) is 11.1 Å². The molecule has 1 aliphatic heterocycles. The van der Waals surface area contributed by atoms with Gasteiger partial charge in [0.05, 0.1) is 24.7 Å². The van der Waals surface area contributed by atoms with E-state index in [-0.39, 0.29) is 13.0 Å². The van der Waals surface area contributed by atoms with Crippen molar-refractivity contribution in [3.8, 4) is 0 Å². The topological polar surface area (TPSA) is 108 Å². The Morgan fingerprint density at radius 1 is 1.00 bits per heavy atom. The van der Waals surface area contributed by atoms with Gasteiger partial charge in [0.1, 0.15) is 18.8 Å². The zero-order valence-corrected chi connectivity index (χ0v) is 15.6. The Balaban J connectivity index is 1.71. The van der Waals surface area contributed by atoms with Gasteiger partial charge >= 0.3 is 17.9 Å². The molecule has 3 atom stereocenters. The van der Waals surface area contributed by atoms with Crippen molar-refractivity contribution in [2.24, 2.45) is 0 Å². The van der Waals surface area contributed by atoms with Crippen molar-refractivity contribution in [3.63, 3.8) is 0 Å². The van der Waals surface area contributed by atoms with Gasteiger partial charge in [0.25, 0.3) is 5.79 Å². The van der Waals surface area contributed by atoms with E-state index in [1.165, 1.54) is 0 Å². The van der Waals surface area contributed by atoms with Crippen molar-refractivity contribution < 1.29 is 38.4 Å². The molecule has 1 aliphatic rings. The first-order valence-electron chi connectivity index (χ1n) is 8.90. The molecule has 0 aliphatic carbocycles. The summed E-state index contributed by atoms with van der Waals surface area (Å²) < 4.78 is 20.6.